The Labute approximate surface area is 57.4 Å². The van der Waals surface area contributed by atoms with Gasteiger partial charge in [-0.25, -0.2) is 0 Å². The van der Waals surface area contributed by atoms with Gasteiger partial charge in [-0.3, -0.25) is 4.90 Å². The lowest BCUT2D eigenvalue weighted by Gasteiger charge is -2.33. The van der Waals surface area contributed by atoms with Crippen LogP contribution in [0.15, 0.2) is 11.6 Å². The maximum Gasteiger partial charge on any atom is 0.0208 e. The van der Waals surface area contributed by atoms with Gasteiger partial charge in [0.15, 0.2) is 0 Å². The number of nitrogens with zero attached hydrogens (tertiary/aromatic N) is 1. The highest BCUT2D eigenvalue weighted by atomic mass is 15.2. The van der Waals surface area contributed by atoms with Crippen molar-refractivity contribution in [2.24, 2.45) is 0 Å². The fraction of sp³-hybridized carbons (Fsp3) is 0.750. The van der Waals surface area contributed by atoms with Crippen LogP contribution >= 0.6 is 0 Å². The third-order valence-electron chi connectivity index (χ3n) is 1.80. The van der Waals surface area contributed by atoms with Gasteiger partial charge >= 0.3 is 0 Å². The molecule has 0 saturated carbocycles. The first-order valence-corrected chi connectivity index (χ1v) is 3.73. The minimum absolute atomic E-state index is 1.23. The zero-order valence-electron chi connectivity index (χ0n) is 6.35. The third kappa shape index (κ3) is 1.55. The quantitative estimate of drug-likeness (QED) is 0.507. The lowest BCUT2D eigenvalue weighted by Crippen LogP contribution is -2.40. The van der Waals surface area contributed by atoms with Crippen molar-refractivity contribution < 1.29 is 0 Å². The average molecular weight is 125 g/mol. The second kappa shape index (κ2) is 3.02. The summed E-state index contributed by atoms with van der Waals surface area (Å²) in [6, 6.07) is 0. The van der Waals surface area contributed by atoms with E-state index in [0.29, 0.717) is 0 Å². The fourth-order valence-corrected chi connectivity index (χ4v) is 1.19. The van der Waals surface area contributed by atoms with Crippen molar-refractivity contribution in [2.45, 2.75) is 20.3 Å². The fourth-order valence-electron chi connectivity index (χ4n) is 1.19. The zero-order chi connectivity index (χ0) is 6.69. The van der Waals surface area contributed by atoms with Crippen molar-refractivity contribution in [3.05, 3.63) is 11.6 Å². The van der Waals surface area contributed by atoms with E-state index in [-0.39, 0.29) is 0 Å². The van der Waals surface area contributed by atoms with E-state index in [0.717, 1.165) is 0 Å². The number of hydrogen-bond acceptors (Lipinski definition) is 1. The van der Waals surface area contributed by atoms with Gasteiger partial charge in [-0.05, 0) is 25.5 Å². The molecule has 0 amide bonds. The number of rotatable bonds is 2. The Kier molecular flexibility index (Phi) is 2.29. The molecule has 0 spiro atoms. The summed E-state index contributed by atoms with van der Waals surface area (Å²) in [6.07, 6.45) is 3.52. The van der Waals surface area contributed by atoms with E-state index in [1.54, 1.807) is 5.57 Å². The second-order valence-corrected chi connectivity index (χ2v) is 2.66. The molecule has 0 aliphatic carbocycles. The van der Waals surface area contributed by atoms with Crippen LogP contribution < -0.4 is 0 Å². The maximum absolute atomic E-state index is 2.47. The lowest BCUT2D eigenvalue weighted by molar-refractivity contribution is 0.250. The average Bonchev–Trinajstić information content (AvgIpc) is 1.77. The van der Waals surface area contributed by atoms with Crippen molar-refractivity contribution >= 4 is 0 Å². The summed E-state index contributed by atoms with van der Waals surface area (Å²) in [5.41, 5.74) is 1.60. The summed E-state index contributed by atoms with van der Waals surface area (Å²) in [4.78, 5) is 2.47. The SMILES string of the molecule is CC=C1CN(CCC)C1. The molecule has 1 rings (SSSR count). The van der Waals surface area contributed by atoms with Crippen molar-refractivity contribution in [2.75, 3.05) is 19.6 Å². The lowest BCUT2D eigenvalue weighted by atomic mass is 10.1. The molecule has 52 valence electrons. The Hall–Kier alpha value is -0.300. The van der Waals surface area contributed by atoms with Gasteiger partial charge in [0, 0.05) is 13.1 Å². The van der Waals surface area contributed by atoms with Gasteiger partial charge in [-0.15, -0.1) is 0 Å². The molecule has 9 heavy (non-hydrogen) atoms. The Bertz CT molecular complexity index is 108. The van der Waals surface area contributed by atoms with Crippen molar-refractivity contribution in [1.82, 2.24) is 4.90 Å². The number of hydrogen-bond donors (Lipinski definition) is 0. The van der Waals surface area contributed by atoms with Crippen LogP contribution in [0.4, 0.5) is 0 Å². The third-order valence-corrected chi connectivity index (χ3v) is 1.80. The van der Waals surface area contributed by atoms with Crippen LogP contribution in [-0.4, -0.2) is 24.5 Å². The minimum Gasteiger partial charge on any atom is -0.295 e. The summed E-state index contributed by atoms with van der Waals surface area (Å²) in [6.45, 7) is 8.08. The van der Waals surface area contributed by atoms with Gasteiger partial charge in [0.2, 0.25) is 0 Å². The Morgan fingerprint density at radius 3 is 2.67 bits per heavy atom. The Morgan fingerprint density at radius 2 is 2.22 bits per heavy atom. The van der Waals surface area contributed by atoms with E-state index in [2.05, 4.69) is 24.8 Å². The maximum atomic E-state index is 2.47. The number of likely N-dealkylation sites (tertiary alicyclic amines) is 1. The van der Waals surface area contributed by atoms with Crippen LogP contribution in [0.1, 0.15) is 20.3 Å². The van der Waals surface area contributed by atoms with E-state index in [4.69, 9.17) is 0 Å². The zero-order valence-corrected chi connectivity index (χ0v) is 6.35. The summed E-state index contributed by atoms with van der Waals surface area (Å²) < 4.78 is 0. The molecule has 0 unspecified atom stereocenters. The molecule has 0 N–H and O–H groups in total. The smallest absolute Gasteiger partial charge is 0.0208 e. The molecule has 1 aliphatic rings. The minimum atomic E-state index is 1.23. The molecule has 1 heterocycles. The van der Waals surface area contributed by atoms with Crippen LogP contribution in [0.3, 0.4) is 0 Å². The molecule has 0 aromatic carbocycles. The molecule has 0 aromatic rings. The van der Waals surface area contributed by atoms with E-state index in [1.165, 1.54) is 26.1 Å². The van der Waals surface area contributed by atoms with E-state index >= 15 is 0 Å². The van der Waals surface area contributed by atoms with E-state index < -0.39 is 0 Å². The monoisotopic (exact) mass is 125 g/mol. The predicted molar refractivity (Wildman–Crippen MR) is 40.5 cm³/mol. The standard InChI is InChI=1S/C8H15N/c1-3-5-9-6-8(4-2)7-9/h4H,3,5-7H2,1-2H3. The molecular formula is C8H15N. The van der Waals surface area contributed by atoms with Crippen molar-refractivity contribution in [3.63, 3.8) is 0 Å². The molecule has 1 saturated heterocycles. The first kappa shape index (κ1) is 6.81. The second-order valence-electron chi connectivity index (χ2n) is 2.66. The molecule has 0 aromatic heterocycles. The van der Waals surface area contributed by atoms with E-state index in [9.17, 15) is 0 Å². The normalized spacial score (nSPS) is 19.6. The van der Waals surface area contributed by atoms with Crippen LogP contribution in [0.5, 0.6) is 0 Å². The molecule has 1 heteroatoms. The molecule has 1 aliphatic heterocycles. The number of allylic oxidation sites excluding steroid dienone is 1. The summed E-state index contributed by atoms with van der Waals surface area (Å²) >= 11 is 0. The Morgan fingerprint density at radius 1 is 1.56 bits per heavy atom. The van der Waals surface area contributed by atoms with Gasteiger partial charge < -0.3 is 0 Å². The van der Waals surface area contributed by atoms with Crippen molar-refractivity contribution in [1.29, 1.82) is 0 Å². The first-order valence-electron chi connectivity index (χ1n) is 3.73. The van der Waals surface area contributed by atoms with Crippen molar-refractivity contribution in [3.8, 4) is 0 Å². The highest BCUT2D eigenvalue weighted by Crippen LogP contribution is 2.12. The van der Waals surface area contributed by atoms with Crippen LogP contribution in [0.25, 0.3) is 0 Å². The molecule has 1 fully saturated rings. The summed E-state index contributed by atoms with van der Waals surface area (Å²) in [5.74, 6) is 0. The molecule has 0 radical (unpaired) electrons. The van der Waals surface area contributed by atoms with Gasteiger partial charge in [0.25, 0.3) is 0 Å². The van der Waals surface area contributed by atoms with Crippen LogP contribution in [0.2, 0.25) is 0 Å². The highest BCUT2D eigenvalue weighted by molar-refractivity contribution is 5.13. The van der Waals surface area contributed by atoms with Gasteiger partial charge in [-0.1, -0.05) is 13.0 Å². The highest BCUT2D eigenvalue weighted by Gasteiger charge is 2.16. The van der Waals surface area contributed by atoms with Gasteiger partial charge in [-0.2, -0.15) is 0 Å². The molecule has 1 nitrogen and oxygen atoms in total. The van der Waals surface area contributed by atoms with Crippen LogP contribution in [0, 0.1) is 0 Å². The topological polar surface area (TPSA) is 3.24 Å². The molecule has 0 bridgehead atoms. The largest absolute Gasteiger partial charge is 0.295 e. The van der Waals surface area contributed by atoms with Gasteiger partial charge in [0.05, 0.1) is 0 Å². The summed E-state index contributed by atoms with van der Waals surface area (Å²) in [7, 11) is 0. The first-order chi connectivity index (χ1) is 4.36. The Balaban J connectivity index is 2.12. The molecule has 0 atom stereocenters. The molecular weight excluding hydrogens is 110 g/mol. The van der Waals surface area contributed by atoms with Crippen LogP contribution in [-0.2, 0) is 0 Å². The predicted octanol–water partition coefficient (Wildman–Crippen LogP) is 1.66. The van der Waals surface area contributed by atoms with Gasteiger partial charge in [0.1, 0.15) is 0 Å². The summed E-state index contributed by atoms with van der Waals surface area (Å²) in [5, 5.41) is 0. The van der Waals surface area contributed by atoms with E-state index in [1.807, 2.05) is 0 Å².